The lowest BCUT2D eigenvalue weighted by Gasteiger charge is -2.35. The first-order valence-electron chi connectivity index (χ1n) is 9.05. The Balaban J connectivity index is 1.44. The van der Waals surface area contributed by atoms with Gasteiger partial charge in [0.05, 0.1) is 37.9 Å². The van der Waals surface area contributed by atoms with Gasteiger partial charge in [0.1, 0.15) is 11.6 Å². The molecule has 4 nitrogen and oxygen atoms in total. The molecule has 1 aromatic carbocycles. The maximum Gasteiger partial charge on any atom is 0.279 e. The van der Waals surface area contributed by atoms with Gasteiger partial charge in [-0.05, 0) is 31.4 Å². The Kier molecular flexibility index (Phi) is 5.79. The molecule has 3 rings (SSSR count). The van der Waals surface area contributed by atoms with Crippen LogP contribution < -0.4 is 15.1 Å². The van der Waals surface area contributed by atoms with Gasteiger partial charge >= 0.3 is 0 Å². The highest BCUT2D eigenvalue weighted by Gasteiger charge is 2.31. The van der Waals surface area contributed by atoms with Gasteiger partial charge in [-0.15, -0.1) is 0 Å². The Morgan fingerprint density at radius 3 is 2.46 bits per heavy atom. The zero-order valence-electron chi connectivity index (χ0n) is 14.0. The van der Waals surface area contributed by atoms with E-state index < -0.39 is 11.6 Å². The summed E-state index contributed by atoms with van der Waals surface area (Å²) in [5.41, 5.74) is 0.0495. The summed E-state index contributed by atoms with van der Waals surface area (Å²) in [5, 5.41) is 2.55. The van der Waals surface area contributed by atoms with Crippen LogP contribution in [-0.2, 0) is 4.79 Å². The van der Waals surface area contributed by atoms with Gasteiger partial charge in [-0.25, -0.2) is 8.78 Å². The van der Waals surface area contributed by atoms with Crippen molar-refractivity contribution in [1.82, 2.24) is 0 Å². The zero-order valence-corrected chi connectivity index (χ0v) is 14.0. The summed E-state index contributed by atoms with van der Waals surface area (Å²) in [6, 6.07) is 3.95. The highest BCUT2D eigenvalue weighted by Crippen LogP contribution is 2.14. The Labute approximate surface area is 141 Å². The Bertz CT molecular complexity index is 567. The van der Waals surface area contributed by atoms with Crippen molar-refractivity contribution in [3.8, 4) is 0 Å². The molecule has 1 amide bonds. The number of likely N-dealkylation sites (tertiary alicyclic amines) is 2. The molecule has 2 aliphatic rings. The Morgan fingerprint density at radius 2 is 1.79 bits per heavy atom. The summed E-state index contributed by atoms with van der Waals surface area (Å²) in [6.07, 6.45) is 6.36. The second-order valence-electron chi connectivity index (χ2n) is 7.09. The number of hydrogen-bond donors (Lipinski definition) is 3. The van der Waals surface area contributed by atoms with E-state index in [9.17, 15) is 13.6 Å². The molecule has 2 heterocycles. The molecular weight excluding hydrogens is 312 g/mol. The van der Waals surface area contributed by atoms with E-state index in [0.29, 0.717) is 6.54 Å². The second kappa shape index (κ2) is 8.03. The van der Waals surface area contributed by atoms with Crippen molar-refractivity contribution in [3.63, 3.8) is 0 Å². The number of anilines is 1. The molecule has 1 aromatic rings. The number of quaternary nitrogens is 2. The fourth-order valence-electron chi connectivity index (χ4n) is 4.04. The molecule has 132 valence electrons. The zero-order chi connectivity index (χ0) is 16.9. The van der Waals surface area contributed by atoms with E-state index in [1.54, 1.807) is 4.90 Å². The van der Waals surface area contributed by atoms with Crippen LogP contribution in [0.5, 0.6) is 0 Å². The largest absolute Gasteiger partial charge is 0.332 e. The highest BCUT2D eigenvalue weighted by atomic mass is 19.1. The molecule has 0 unspecified atom stereocenters. The van der Waals surface area contributed by atoms with Crippen molar-refractivity contribution in [3.05, 3.63) is 29.8 Å². The molecule has 0 atom stereocenters. The molecular formula is C18H27F2N3O+2. The standard InChI is InChI=1S/C18H25F2N3O/c19-14-4-5-17(16(20)12-14)21-18(24)13-22-10-6-15(7-11-22)23-8-2-1-3-9-23/h4-5,12,15H,1-3,6-11,13H2,(H,21,24)/p+2. The number of benzene rings is 1. The van der Waals surface area contributed by atoms with Crippen molar-refractivity contribution >= 4 is 11.6 Å². The molecule has 0 aromatic heterocycles. The van der Waals surface area contributed by atoms with Gasteiger partial charge in [-0.3, -0.25) is 4.79 Å². The average molecular weight is 339 g/mol. The van der Waals surface area contributed by atoms with Gasteiger partial charge in [-0.1, -0.05) is 0 Å². The quantitative estimate of drug-likeness (QED) is 0.711. The molecule has 0 aliphatic carbocycles. The molecule has 3 N–H and O–H groups in total. The van der Waals surface area contributed by atoms with Crippen molar-refractivity contribution < 1.29 is 23.4 Å². The molecule has 0 saturated carbocycles. The molecule has 6 heteroatoms. The van der Waals surface area contributed by atoms with E-state index >= 15 is 0 Å². The van der Waals surface area contributed by atoms with Crippen LogP contribution in [0.4, 0.5) is 14.5 Å². The fourth-order valence-corrected chi connectivity index (χ4v) is 4.04. The Morgan fingerprint density at radius 1 is 1.08 bits per heavy atom. The molecule has 0 bridgehead atoms. The maximum atomic E-state index is 13.6. The lowest BCUT2D eigenvalue weighted by atomic mass is 10.00. The lowest BCUT2D eigenvalue weighted by Crippen LogP contribution is -3.21. The number of hydrogen-bond acceptors (Lipinski definition) is 1. The van der Waals surface area contributed by atoms with Gasteiger partial charge in [-0.2, -0.15) is 0 Å². The number of halogens is 2. The first-order chi connectivity index (χ1) is 11.6. The second-order valence-corrected chi connectivity index (χ2v) is 7.09. The van der Waals surface area contributed by atoms with Gasteiger partial charge in [0.25, 0.3) is 5.91 Å². The molecule has 2 aliphatic heterocycles. The number of piperidine rings is 2. The number of rotatable bonds is 4. The number of amides is 1. The summed E-state index contributed by atoms with van der Waals surface area (Å²) in [4.78, 5) is 15.1. The van der Waals surface area contributed by atoms with Crippen molar-refractivity contribution in [2.24, 2.45) is 0 Å². The molecule has 24 heavy (non-hydrogen) atoms. The van der Waals surface area contributed by atoms with Gasteiger partial charge < -0.3 is 15.1 Å². The van der Waals surface area contributed by atoms with Crippen molar-refractivity contribution in [2.75, 3.05) is 38.0 Å². The first-order valence-corrected chi connectivity index (χ1v) is 9.05. The topological polar surface area (TPSA) is 38.0 Å². The minimum absolute atomic E-state index is 0.0495. The number of carbonyl (C=O) groups is 1. The summed E-state index contributed by atoms with van der Waals surface area (Å²) in [5.74, 6) is -1.58. The van der Waals surface area contributed by atoms with Crippen LogP contribution in [0.15, 0.2) is 18.2 Å². The summed E-state index contributed by atoms with van der Waals surface area (Å²) >= 11 is 0. The predicted molar refractivity (Wildman–Crippen MR) is 88.1 cm³/mol. The molecule has 2 fully saturated rings. The SMILES string of the molecule is O=C(C[NH+]1CCC([NH+]2CCCCC2)CC1)Nc1ccc(F)cc1F. The van der Waals surface area contributed by atoms with Crippen LogP contribution in [0.25, 0.3) is 0 Å². The Hall–Kier alpha value is -1.53. The van der Waals surface area contributed by atoms with Gasteiger partial charge in [0.2, 0.25) is 0 Å². The monoisotopic (exact) mass is 339 g/mol. The minimum atomic E-state index is -0.731. The van der Waals surface area contributed by atoms with E-state index in [0.717, 1.165) is 44.1 Å². The number of carbonyl (C=O) groups excluding carboxylic acids is 1. The predicted octanol–water partition coefficient (Wildman–Crippen LogP) is 0.0194. The van der Waals surface area contributed by atoms with Crippen LogP contribution >= 0.6 is 0 Å². The summed E-state index contributed by atoms with van der Waals surface area (Å²) in [7, 11) is 0. The molecule has 0 spiro atoms. The number of nitrogens with one attached hydrogen (secondary N) is 3. The van der Waals surface area contributed by atoms with E-state index in [1.165, 1.54) is 43.3 Å². The van der Waals surface area contributed by atoms with Crippen molar-refractivity contribution in [1.29, 1.82) is 0 Å². The molecule has 2 saturated heterocycles. The van der Waals surface area contributed by atoms with Crippen LogP contribution in [0.1, 0.15) is 32.1 Å². The normalized spacial score (nSPS) is 25.4. The van der Waals surface area contributed by atoms with Crippen LogP contribution in [0, 0.1) is 11.6 Å². The third-order valence-corrected chi connectivity index (χ3v) is 5.38. The smallest absolute Gasteiger partial charge is 0.279 e. The van der Waals surface area contributed by atoms with E-state index in [1.807, 2.05) is 0 Å². The minimum Gasteiger partial charge on any atom is -0.332 e. The summed E-state index contributed by atoms with van der Waals surface area (Å²) in [6.45, 7) is 4.93. The average Bonchev–Trinajstić information content (AvgIpc) is 2.59. The third kappa shape index (κ3) is 4.51. The van der Waals surface area contributed by atoms with E-state index in [4.69, 9.17) is 0 Å². The van der Waals surface area contributed by atoms with E-state index in [2.05, 4.69) is 5.32 Å². The van der Waals surface area contributed by atoms with Crippen LogP contribution in [-0.4, -0.2) is 44.7 Å². The third-order valence-electron chi connectivity index (χ3n) is 5.38. The van der Waals surface area contributed by atoms with Gasteiger partial charge in [0.15, 0.2) is 6.54 Å². The van der Waals surface area contributed by atoms with Crippen LogP contribution in [0.3, 0.4) is 0 Å². The molecule has 0 radical (unpaired) electrons. The maximum absolute atomic E-state index is 13.6. The highest BCUT2D eigenvalue weighted by molar-refractivity contribution is 5.91. The fraction of sp³-hybridized carbons (Fsp3) is 0.611. The van der Waals surface area contributed by atoms with Gasteiger partial charge in [0, 0.05) is 18.9 Å². The lowest BCUT2D eigenvalue weighted by molar-refractivity contribution is -0.958. The van der Waals surface area contributed by atoms with E-state index in [-0.39, 0.29) is 11.6 Å². The van der Waals surface area contributed by atoms with Crippen molar-refractivity contribution in [2.45, 2.75) is 38.1 Å². The summed E-state index contributed by atoms with van der Waals surface area (Å²) < 4.78 is 26.5. The van der Waals surface area contributed by atoms with Crippen LogP contribution in [0.2, 0.25) is 0 Å². The first kappa shape index (κ1) is 17.3.